The number of unbranched alkanes of at least 4 members (excludes halogenated alkanes) is 5. The summed E-state index contributed by atoms with van der Waals surface area (Å²) in [6, 6.07) is 20.6. The quantitative estimate of drug-likeness (QED) is 0.266. The van der Waals surface area contributed by atoms with Crippen LogP contribution in [0.25, 0.3) is 11.1 Å². The second kappa shape index (κ2) is 11.1. The van der Waals surface area contributed by atoms with Gasteiger partial charge >= 0.3 is 0 Å². The SMILES string of the molecule is CCCCCCCCc1ccc(-c2ccc(O)c(N=Nc3ccccc3O)c2)cc1. The van der Waals surface area contributed by atoms with E-state index in [9.17, 15) is 10.2 Å². The summed E-state index contributed by atoms with van der Waals surface area (Å²) in [5, 5.41) is 28.1. The molecular formula is C26H30N2O2. The zero-order valence-electron chi connectivity index (χ0n) is 17.6. The lowest BCUT2D eigenvalue weighted by Gasteiger charge is -2.07. The molecule has 0 aliphatic heterocycles. The highest BCUT2D eigenvalue weighted by atomic mass is 16.3. The van der Waals surface area contributed by atoms with Gasteiger partial charge in [-0.3, -0.25) is 0 Å². The second-order valence-corrected chi connectivity index (χ2v) is 7.61. The van der Waals surface area contributed by atoms with E-state index < -0.39 is 0 Å². The van der Waals surface area contributed by atoms with E-state index in [1.807, 2.05) is 12.1 Å². The molecule has 0 aliphatic carbocycles. The van der Waals surface area contributed by atoms with Crippen molar-refractivity contribution >= 4 is 11.4 Å². The van der Waals surface area contributed by atoms with Crippen molar-refractivity contribution in [1.82, 2.24) is 0 Å². The molecule has 3 aromatic carbocycles. The van der Waals surface area contributed by atoms with E-state index in [-0.39, 0.29) is 11.5 Å². The van der Waals surface area contributed by atoms with Crippen LogP contribution in [-0.2, 0) is 6.42 Å². The Balaban J connectivity index is 1.65. The zero-order valence-corrected chi connectivity index (χ0v) is 17.6. The first kappa shape index (κ1) is 21.6. The van der Waals surface area contributed by atoms with E-state index in [1.165, 1.54) is 44.1 Å². The first-order valence-corrected chi connectivity index (χ1v) is 10.8. The Morgan fingerprint density at radius 3 is 2.03 bits per heavy atom. The topological polar surface area (TPSA) is 65.2 Å². The molecule has 0 amide bonds. The van der Waals surface area contributed by atoms with E-state index in [2.05, 4.69) is 41.4 Å². The van der Waals surface area contributed by atoms with Crippen molar-refractivity contribution in [1.29, 1.82) is 0 Å². The van der Waals surface area contributed by atoms with Crippen LogP contribution in [0.5, 0.6) is 11.5 Å². The van der Waals surface area contributed by atoms with Gasteiger partial charge in [-0.25, -0.2) is 0 Å². The summed E-state index contributed by atoms with van der Waals surface area (Å²) in [5.74, 6) is 0.107. The molecule has 3 rings (SSSR count). The first-order valence-electron chi connectivity index (χ1n) is 10.8. The van der Waals surface area contributed by atoms with Crippen molar-refractivity contribution in [2.24, 2.45) is 10.2 Å². The van der Waals surface area contributed by atoms with Crippen LogP contribution in [-0.4, -0.2) is 10.2 Å². The molecule has 0 atom stereocenters. The Morgan fingerprint density at radius 2 is 1.27 bits per heavy atom. The number of azo groups is 1. The van der Waals surface area contributed by atoms with Crippen LogP contribution in [0.2, 0.25) is 0 Å². The molecule has 3 aromatic rings. The summed E-state index contributed by atoms with van der Waals surface area (Å²) in [6.07, 6.45) is 8.95. The molecule has 0 heterocycles. The summed E-state index contributed by atoms with van der Waals surface area (Å²) in [6.45, 7) is 2.25. The van der Waals surface area contributed by atoms with Gasteiger partial charge in [0.25, 0.3) is 0 Å². The molecular weight excluding hydrogens is 372 g/mol. The van der Waals surface area contributed by atoms with Crippen molar-refractivity contribution in [3.8, 4) is 22.6 Å². The van der Waals surface area contributed by atoms with Gasteiger partial charge in [0.15, 0.2) is 0 Å². The lowest BCUT2D eigenvalue weighted by Crippen LogP contribution is -1.87. The molecule has 4 nitrogen and oxygen atoms in total. The van der Waals surface area contributed by atoms with Gasteiger partial charge in [-0.1, -0.05) is 81.5 Å². The Kier molecular flexibility index (Phi) is 8.02. The molecule has 156 valence electrons. The number of aryl methyl sites for hydroxylation is 1. The van der Waals surface area contributed by atoms with E-state index in [4.69, 9.17) is 0 Å². The summed E-state index contributed by atoms with van der Waals surface area (Å²) in [4.78, 5) is 0. The molecule has 0 radical (unpaired) electrons. The third-order valence-electron chi connectivity index (χ3n) is 5.23. The Bertz CT molecular complexity index is 965. The van der Waals surface area contributed by atoms with Crippen LogP contribution in [0.3, 0.4) is 0 Å². The number of nitrogens with zero attached hydrogens (tertiary/aromatic N) is 2. The molecule has 0 saturated carbocycles. The minimum Gasteiger partial charge on any atom is -0.506 e. The molecule has 0 bridgehead atoms. The predicted octanol–water partition coefficient (Wildman–Crippen LogP) is 8.08. The molecule has 0 saturated heterocycles. The van der Waals surface area contributed by atoms with Gasteiger partial charge in [0.2, 0.25) is 0 Å². The number of rotatable bonds is 10. The van der Waals surface area contributed by atoms with Crippen molar-refractivity contribution in [3.63, 3.8) is 0 Å². The lowest BCUT2D eigenvalue weighted by atomic mass is 10.0. The molecule has 0 fully saturated rings. The third-order valence-corrected chi connectivity index (χ3v) is 5.23. The smallest absolute Gasteiger partial charge is 0.143 e. The largest absolute Gasteiger partial charge is 0.506 e. The number of phenols is 2. The maximum Gasteiger partial charge on any atom is 0.143 e. The van der Waals surface area contributed by atoms with Crippen LogP contribution < -0.4 is 0 Å². The first-order chi connectivity index (χ1) is 14.7. The third kappa shape index (κ3) is 6.18. The zero-order chi connectivity index (χ0) is 21.2. The highest BCUT2D eigenvalue weighted by molar-refractivity contribution is 5.70. The van der Waals surface area contributed by atoms with Crippen LogP contribution in [0.4, 0.5) is 11.4 Å². The van der Waals surface area contributed by atoms with Crippen molar-refractivity contribution < 1.29 is 10.2 Å². The summed E-state index contributed by atoms with van der Waals surface area (Å²) in [5.41, 5.74) is 4.12. The van der Waals surface area contributed by atoms with Gasteiger partial charge in [-0.05, 0) is 53.8 Å². The lowest BCUT2D eigenvalue weighted by molar-refractivity contribution is 0.474. The predicted molar refractivity (Wildman–Crippen MR) is 123 cm³/mol. The molecule has 0 unspecified atom stereocenters. The number of aromatic hydroxyl groups is 2. The monoisotopic (exact) mass is 402 g/mol. The average Bonchev–Trinajstić information content (AvgIpc) is 2.77. The van der Waals surface area contributed by atoms with Crippen molar-refractivity contribution in [3.05, 3.63) is 72.3 Å². The number of benzene rings is 3. The van der Waals surface area contributed by atoms with E-state index in [0.29, 0.717) is 11.4 Å². The Hall–Kier alpha value is -3.14. The number of hydrogen-bond donors (Lipinski definition) is 2. The van der Waals surface area contributed by atoms with Gasteiger partial charge in [0.05, 0.1) is 0 Å². The summed E-state index contributed by atoms with van der Waals surface area (Å²) < 4.78 is 0. The normalized spacial score (nSPS) is 11.2. The highest BCUT2D eigenvalue weighted by Crippen LogP contribution is 2.34. The van der Waals surface area contributed by atoms with Gasteiger partial charge in [-0.2, -0.15) is 0 Å². The molecule has 0 spiro atoms. The van der Waals surface area contributed by atoms with Crippen LogP contribution >= 0.6 is 0 Å². The van der Waals surface area contributed by atoms with Gasteiger partial charge < -0.3 is 10.2 Å². The van der Waals surface area contributed by atoms with Crippen LogP contribution in [0.15, 0.2) is 77.0 Å². The van der Waals surface area contributed by atoms with Crippen LogP contribution in [0.1, 0.15) is 51.0 Å². The van der Waals surface area contributed by atoms with Gasteiger partial charge in [0.1, 0.15) is 22.9 Å². The maximum absolute atomic E-state index is 10.1. The van der Waals surface area contributed by atoms with Crippen LogP contribution in [0, 0.1) is 0 Å². The summed E-state index contributed by atoms with van der Waals surface area (Å²) in [7, 11) is 0. The molecule has 30 heavy (non-hydrogen) atoms. The minimum absolute atomic E-state index is 0.0533. The Labute approximate surface area is 179 Å². The number of phenolic OH excluding ortho intramolecular Hbond substituents is 2. The van der Waals surface area contributed by atoms with Gasteiger partial charge in [-0.15, -0.1) is 10.2 Å². The van der Waals surface area contributed by atoms with E-state index >= 15 is 0 Å². The molecule has 0 aromatic heterocycles. The fourth-order valence-electron chi connectivity index (χ4n) is 3.41. The number of para-hydroxylation sites is 1. The minimum atomic E-state index is 0.0533. The fraction of sp³-hybridized carbons (Fsp3) is 0.308. The molecule has 4 heteroatoms. The van der Waals surface area contributed by atoms with E-state index in [0.717, 1.165) is 17.5 Å². The van der Waals surface area contributed by atoms with Crippen molar-refractivity contribution in [2.45, 2.75) is 51.9 Å². The highest BCUT2D eigenvalue weighted by Gasteiger charge is 2.06. The average molecular weight is 403 g/mol. The fourth-order valence-corrected chi connectivity index (χ4v) is 3.41. The maximum atomic E-state index is 10.1. The van der Waals surface area contributed by atoms with E-state index in [1.54, 1.807) is 30.3 Å². The standard InChI is InChI=1S/C26H30N2O2/c1-2-3-4-5-6-7-10-20-13-15-21(16-14-20)22-17-18-26(30)24(19-22)28-27-23-11-8-9-12-25(23)29/h8-9,11-19,29-30H,2-7,10H2,1H3. The van der Waals surface area contributed by atoms with Gasteiger partial charge in [0, 0.05) is 0 Å². The molecule has 0 aliphatic rings. The van der Waals surface area contributed by atoms with Crippen molar-refractivity contribution in [2.75, 3.05) is 0 Å². The number of hydrogen-bond acceptors (Lipinski definition) is 4. The summed E-state index contributed by atoms with van der Waals surface area (Å²) >= 11 is 0. The Morgan fingerprint density at radius 1 is 0.633 bits per heavy atom. The molecule has 2 N–H and O–H groups in total. The second-order valence-electron chi connectivity index (χ2n) is 7.61.